The number of rotatable bonds is 7. The third kappa shape index (κ3) is 3.73. The van der Waals surface area contributed by atoms with Crippen molar-refractivity contribution in [2.45, 2.75) is 34.1 Å². The van der Waals surface area contributed by atoms with Crippen LogP contribution in [0.5, 0.6) is 5.75 Å². The van der Waals surface area contributed by atoms with Crippen molar-refractivity contribution < 1.29 is 19.1 Å². The number of aryl methyl sites for hydroxylation is 2. The topological polar surface area (TPSA) is 69.9 Å². The third-order valence-electron chi connectivity index (χ3n) is 4.11. The molecular formula is C20H22N2O4S. The van der Waals surface area contributed by atoms with Gasteiger partial charge in [-0.1, -0.05) is 6.07 Å². The van der Waals surface area contributed by atoms with E-state index in [0.29, 0.717) is 29.6 Å². The minimum atomic E-state index is -0.289. The van der Waals surface area contributed by atoms with Crippen LogP contribution in [-0.2, 0) is 16.0 Å². The molecule has 2 heterocycles. The van der Waals surface area contributed by atoms with Crippen molar-refractivity contribution in [2.24, 2.45) is 0 Å². The molecule has 142 valence electrons. The lowest BCUT2D eigenvalue weighted by atomic mass is 10.0. The lowest BCUT2D eigenvalue weighted by Gasteiger charge is -2.13. The average molecular weight is 386 g/mol. The van der Waals surface area contributed by atoms with E-state index in [1.165, 1.54) is 11.3 Å². The Hall–Kier alpha value is -2.67. The molecule has 0 aliphatic rings. The molecule has 2 aromatic heterocycles. The Morgan fingerprint density at radius 1 is 1.26 bits per heavy atom. The Labute approximate surface area is 161 Å². The van der Waals surface area contributed by atoms with Crippen molar-refractivity contribution in [3.8, 4) is 17.0 Å². The minimum absolute atomic E-state index is 0.170. The van der Waals surface area contributed by atoms with Crippen LogP contribution in [0.3, 0.4) is 0 Å². The third-order valence-corrected chi connectivity index (χ3v) is 5.09. The van der Waals surface area contributed by atoms with E-state index < -0.39 is 0 Å². The van der Waals surface area contributed by atoms with Crippen LogP contribution in [0.15, 0.2) is 18.3 Å². The Bertz CT molecular complexity index is 1000. The number of benzene rings is 1. The van der Waals surface area contributed by atoms with E-state index in [9.17, 15) is 9.59 Å². The van der Waals surface area contributed by atoms with Crippen molar-refractivity contribution in [1.29, 1.82) is 0 Å². The van der Waals surface area contributed by atoms with Crippen molar-refractivity contribution in [3.05, 3.63) is 40.0 Å². The van der Waals surface area contributed by atoms with E-state index in [1.54, 1.807) is 17.5 Å². The van der Waals surface area contributed by atoms with Crippen LogP contribution in [0.2, 0.25) is 0 Å². The first-order valence-corrected chi connectivity index (χ1v) is 9.66. The summed E-state index contributed by atoms with van der Waals surface area (Å²) in [6.45, 7) is 8.56. The van der Waals surface area contributed by atoms with Gasteiger partial charge in [-0.15, -0.1) is 11.3 Å². The zero-order valence-electron chi connectivity index (χ0n) is 15.9. The van der Waals surface area contributed by atoms with Crippen LogP contribution in [0.4, 0.5) is 0 Å². The molecule has 0 saturated heterocycles. The molecule has 0 unspecified atom stereocenters. The maximum absolute atomic E-state index is 11.9. The summed E-state index contributed by atoms with van der Waals surface area (Å²) in [5, 5.41) is 0. The van der Waals surface area contributed by atoms with Gasteiger partial charge in [-0.3, -0.25) is 14.0 Å². The van der Waals surface area contributed by atoms with E-state index in [4.69, 9.17) is 9.47 Å². The quantitative estimate of drug-likeness (QED) is 0.453. The van der Waals surface area contributed by atoms with Crippen molar-refractivity contribution in [1.82, 2.24) is 9.38 Å². The Morgan fingerprint density at radius 3 is 2.70 bits per heavy atom. The van der Waals surface area contributed by atoms with Gasteiger partial charge < -0.3 is 9.47 Å². The van der Waals surface area contributed by atoms with Crippen molar-refractivity contribution in [3.63, 3.8) is 0 Å². The molecule has 0 amide bonds. The van der Waals surface area contributed by atoms with Crippen LogP contribution in [0.25, 0.3) is 16.2 Å². The minimum Gasteiger partial charge on any atom is -0.493 e. The maximum atomic E-state index is 11.9. The van der Waals surface area contributed by atoms with Gasteiger partial charge in [0, 0.05) is 16.6 Å². The molecule has 0 radical (unpaired) electrons. The van der Waals surface area contributed by atoms with Crippen molar-refractivity contribution in [2.75, 3.05) is 13.2 Å². The van der Waals surface area contributed by atoms with Gasteiger partial charge >= 0.3 is 5.97 Å². The number of esters is 1. The number of aromatic nitrogens is 2. The van der Waals surface area contributed by atoms with Crippen LogP contribution in [-0.4, -0.2) is 34.9 Å². The van der Waals surface area contributed by atoms with Gasteiger partial charge in [-0.05, 0) is 44.9 Å². The molecule has 0 aliphatic heterocycles. The Kier molecular flexibility index (Phi) is 5.60. The summed E-state index contributed by atoms with van der Waals surface area (Å²) in [5.41, 5.74) is 3.92. The summed E-state index contributed by atoms with van der Waals surface area (Å²) < 4.78 is 12.5. The first-order chi connectivity index (χ1) is 13.0. The highest BCUT2D eigenvalue weighted by Crippen LogP contribution is 2.37. The van der Waals surface area contributed by atoms with Gasteiger partial charge in [0.1, 0.15) is 17.1 Å². The van der Waals surface area contributed by atoms with Crippen LogP contribution >= 0.6 is 11.3 Å². The molecule has 0 fully saturated rings. The molecule has 0 saturated carbocycles. The number of carbonyl (C=O) groups is 2. The largest absolute Gasteiger partial charge is 0.493 e. The van der Waals surface area contributed by atoms with E-state index in [1.807, 2.05) is 32.9 Å². The molecule has 0 atom stereocenters. The zero-order valence-corrected chi connectivity index (χ0v) is 16.7. The molecule has 3 rings (SSSR count). The Morgan fingerprint density at radius 2 is 2.04 bits per heavy atom. The number of hydrogen-bond acceptors (Lipinski definition) is 6. The highest BCUT2D eigenvalue weighted by Gasteiger charge is 2.21. The first kappa shape index (κ1) is 19.1. The summed E-state index contributed by atoms with van der Waals surface area (Å²) in [5.74, 6) is 0.450. The smallest absolute Gasteiger partial charge is 0.311 e. The van der Waals surface area contributed by atoms with E-state index in [0.717, 1.165) is 33.6 Å². The van der Waals surface area contributed by atoms with Gasteiger partial charge in [0.2, 0.25) is 0 Å². The molecule has 0 aliphatic carbocycles. The summed E-state index contributed by atoms with van der Waals surface area (Å²) in [7, 11) is 0. The van der Waals surface area contributed by atoms with E-state index in [2.05, 4.69) is 4.98 Å². The molecule has 0 N–H and O–H groups in total. The number of nitrogens with zero attached hydrogens (tertiary/aromatic N) is 2. The number of imidazole rings is 1. The summed E-state index contributed by atoms with van der Waals surface area (Å²) >= 11 is 1.38. The highest BCUT2D eigenvalue weighted by atomic mass is 32.1. The summed E-state index contributed by atoms with van der Waals surface area (Å²) in [4.78, 5) is 29.7. The lowest BCUT2D eigenvalue weighted by Crippen LogP contribution is -2.06. The number of fused-ring (bicyclic) bond motifs is 1. The number of hydrogen-bond donors (Lipinski definition) is 0. The standard InChI is InChI=1S/C20H22N2O4S/c1-5-25-17(24)9-14-10-22-16(11-23)18(21-20(22)27-14)15-8-12(3)7-13(4)19(15)26-6-2/h7-8,10-11H,5-6,9H2,1-4H3. The maximum Gasteiger partial charge on any atom is 0.311 e. The number of aldehydes is 1. The van der Waals surface area contributed by atoms with E-state index in [-0.39, 0.29) is 12.4 Å². The fraction of sp³-hybridized carbons (Fsp3) is 0.350. The average Bonchev–Trinajstić information content (AvgIpc) is 3.13. The molecule has 6 nitrogen and oxygen atoms in total. The second-order valence-electron chi connectivity index (χ2n) is 6.19. The van der Waals surface area contributed by atoms with Crippen LogP contribution < -0.4 is 4.74 Å². The Balaban J connectivity index is 2.10. The number of ether oxygens (including phenoxy) is 2. The summed E-state index contributed by atoms with van der Waals surface area (Å²) in [6, 6.07) is 4.03. The van der Waals surface area contributed by atoms with Gasteiger partial charge in [0.25, 0.3) is 0 Å². The van der Waals surface area contributed by atoms with Gasteiger partial charge in [0.15, 0.2) is 11.2 Å². The molecule has 1 aromatic carbocycles. The van der Waals surface area contributed by atoms with Crippen LogP contribution in [0, 0.1) is 13.8 Å². The fourth-order valence-corrected chi connectivity index (χ4v) is 4.09. The van der Waals surface area contributed by atoms with Gasteiger partial charge in [0.05, 0.1) is 19.6 Å². The number of carbonyl (C=O) groups excluding carboxylic acids is 2. The molecule has 0 spiro atoms. The van der Waals surface area contributed by atoms with Crippen molar-refractivity contribution >= 4 is 28.6 Å². The van der Waals surface area contributed by atoms with E-state index >= 15 is 0 Å². The predicted molar refractivity (Wildman–Crippen MR) is 105 cm³/mol. The summed E-state index contributed by atoms with van der Waals surface area (Å²) in [6.07, 6.45) is 2.74. The molecule has 0 bridgehead atoms. The second-order valence-corrected chi connectivity index (χ2v) is 7.28. The molecule has 7 heteroatoms. The monoisotopic (exact) mass is 386 g/mol. The van der Waals surface area contributed by atoms with Crippen LogP contribution in [0.1, 0.15) is 40.3 Å². The first-order valence-electron chi connectivity index (χ1n) is 8.84. The predicted octanol–water partition coefficient (Wildman–Crippen LogP) is 4.00. The van der Waals surface area contributed by atoms with Gasteiger partial charge in [-0.25, -0.2) is 4.98 Å². The van der Waals surface area contributed by atoms with Gasteiger partial charge in [-0.2, -0.15) is 0 Å². The highest BCUT2D eigenvalue weighted by molar-refractivity contribution is 7.17. The SMILES string of the molecule is CCOC(=O)Cc1cn2c(C=O)c(-c3cc(C)cc(C)c3OCC)nc2s1. The molecule has 27 heavy (non-hydrogen) atoms. The number of thiazole rings is 1. The normalized spacial score (nSPS) is 11.0. The molecular weight excluding hydrogens is 364 g/mol. The molecule has 3 aromatic rings. The second kappa shape index (κ2) is 7.92. The lowest BCUT2D eigenvalue weighted by molar-refractivity contribution is -0.142. The fourth-order valence-electron chi connectivity index (χ4n) is 3.12. The zero-order chi connectivity index (χ0) is 19.6.